The molecule has 0 fully saturated rings. The first kappa shape index (κ1) is 14.8. The number of fused-ring (bicyclic) bond motifs is 1. The highest BCUT2D eigenvalue weighted by Gasteiger charge is 2.08. The highest BCUT2D eigenvalue weighted by Crippen LogP contribution is 2.13. The van der Waals surface area contributed by atoms with E-state index in [2.05, 4.69) is 10.4 Å². The predicted molar refractivity (Wildman–Crippen MR) is 87.1 cm³/mol. The molecule has 1 N–H and O–H groups in total. The Morgan fingerprint density at radius 3 is 2.87 bits per heavy atom. The number of amides is 1. The number of aromatic nitrogens is 2. The van der Waals surface area contributed by atoms with Gasteiger partial charge in [0.1, 0.15) is 12.1 Å². The van der Waals surface area contributed by atoms with Crippen LogP contribution < -0.4 is 15.7 Å². The molecular formula is C17H15N3O3. The fraction of sp³-hybridized carbons (Fsp3) is 0.118. The van der Waals surface area contributed by atoms with Crippen LogP contribution in [0.1, 0.15) is 5.56 Å². The number of nitrogens with one attached hydrogen (secondary N) is 1. The molecule has 0 unspecified atom stereocenters. The lowest BCUT2D eigenvalue weighted by Crippen LogP contribution is -2.34. The topological polar surface area (TPSA) is 73.2 Å². The van der Waals surface area contributed by atoms with Gasteiger partial charge in [0.15, 0.2) is 0 Å². The van der Waals surface area contributed by atoms with Crippen molar-refractivity contribution in [1.29, 1.82) is 0 Å². The van der Waals surface area contributed by atoms with Crippen LogP contribution in [0.25, 0.3) is 10.9 Å². The first-order valence-electron chi connectivity index (χ1n) is 7.06. The first-order chi connectivity index (χ1) is 11.2. The Hall–Kier alpha value is -3.15. The van der Waals surface area contributed by atoms with Crippen LogP contribution >= 0.6 is 0 Å². The molecule has 1 aromatic heterocycles. The molecule has 3 aromatic rings. The number of hydrogen-bond donors (Lipinski definition) is 1. The highest BCUT2D eigenvalue weighted by molar-refractivity contribution is 5.86. The lowest BCUT2D eigenvalue weighted by Gasteiger charge is -2.09. The van der Waals surface area contributed by atoms with Crippen LogP contribution in [-0.2, 0) is 11.2 Å². The van der Waals surface area contributed by atoms with E-state index in [1.165, 1.54) is 6.33 Å². The second kappa shape index (κ2) is 6.31. The molecule has 1 amide bonds. The molecule has 1 heterocycles. The van der Waals surface area contributed by atoms with Crippen LogP contribution in [-0.4, -0.2) is 22.7 Å². The van der Waals surface area contributed by atoms with Crippen molar-refractivity contribution in [3.63, 3.8) is 0 Å². The van der Waals surface area contributed by atoms with Gasteiger partial charge in [-0.2, -0.15) is 0 Å². The Kier molecular flexibility index (Phi) is 4.05. The smallest absolute Gasteiger partial charge is 0.280 e. The molecule has 0 spiro atoms. The molecule has 0 aliphatic rings. The minimum atomic E-state index is -0.311. The largest absolute Gasteiger partial charge is 0.497 e. The highest BCUT2D eigenvalue weighted by atomic mass is 16.5. The summed E-state index contributed by atoms with van der Waals surface area (Å²) in [6.45, 7) is 0. The zero-order valence-corrected chi connectivity index (χ0v) is 12.5. The molecule has 116 valence electrons. The molecule has 0 radical (unpaired) electrons. The lowest BCUT2D eigenvalue weighted by atomic mass is 10.1. The van der Waals surface area contributed by atoms with E-state index in [9.17, 15) is 9.59 Å². The van der Waals surface area contributed by atoms with Crippen LogP contribution in [0.5, 0.6) is 5.75 Å². The van der Waals surface area contributed by atoms with Gasteiger partial charge >= 0.3 is 0 Å². The molecule has 0 bridgehead atoms. The van der Waals surface area contributed by atoms with Gasteiger partial charge in [-0.05, 0) is 29.8 Å². The molecule has 0 aliphatic carbocycles. The van der Waals surface area contributed by atoms with Gasteiger partial charge in [-0.1, -0.05) is 24.3 Å². The maximum Gasteiger partial charge on any atom is 0.280 e. The van der Waals surface area contributed by atoms with Gasteiger partial charge in [0.2, 0.25) is 5.91 Å². The minimum Gasteiger partial charge on any atom is -0.497 e. The molecule has 0 saturated carbocycles. The summed E-state index contributed by atoms with van der Waals surface area (Å²) < 4.78 is 6.23. The average Bonchev–Trinajstić information content (AvgIpc) is 2.58. The van der Waals surface area contributed by atoms with Crippen molar-refractivity contribution in [3.8, 4) is 5.75 Å². The zero-order chi connectivity index (χ0) is 16.2. The number of nitrogens with zero attached hydrogens (tertiary/aromatic N) is 2. The number of benzene rings is 2. The van der Waals surface area contributed by atoms with E-state index in [-0.39, 0.29) is 17.9 Å². The second-order valence-electron chi connectivity index (χ2n) is 5.00. The Labute approximate surface area is 132 Å². The summed E-state index contributed by atoms with van der Waals surface area (Å²) in [5, 5.41) is 0.455. The molecule has 0 aliphatic heterocycles. The van der Waals surface area contributed by atoms with Crippen molar-refractivity contribution in [3.05, 3.63) is 70.8 Å². The number of para-hydroxylation sites is 1. The van der Waals surface area contributed by atoms with Crippen molar-refractivity contribution in [1.82, 2.24) is 9.66 Å². The SMILES string of the molecule is COc1cccc(CC(=O)Nn2cnc3ccccc3c2=O)c1. The van der Waals surface area contributed by atoms with E-state index < -0.39 is 0 Å². The van der Waals surface area contributed by atoms with E-state index in [0.29, 0.717) is 16.7 Å². The van der Waals surface area contributed by atoms with Crippen molar-refractivity contribution in [2.75, 3.05) is 12.5 Å². The minimum absolute atomic E-state index is 0.135. The Morgan fingerprint density at radius 2 is 2.04 bits per heavy atom. The summed E-state index contributed by atoms with van der Waals surface area (Å²) in [4.78, 5) is 28.6. The quantitative estimate of drug-likeness (QED) is 0.796. The normalized spacial score (nSPS) is 10.5. The van der Waals surface area contributed by atoms with Gasteiger partial charge in [0.05, 0.1) is 24.4 Å². The molecular weight excluding hydrogens is 294 g/mol. The van der Waals surface area contributed by atoms with E-state index in [1.54, 1.807) is 43.5 Å². The predicted octanol–water partition coefficient (Wildman–Crippen LogP) is 1.72. The van der Waals surface area contributed by atoms with Crippen molar-refractivity contribution < 1.29 is 9.53 Å². The number of methoxy groups -OCH3 is 1. The zero-order valence-electron chi connectivity index (χ0n) is 12.5. The van der Waals surface area contributed by atoms with Gasteiger partial charge < -0.3 is 4.74 Å². The van der Waals surface area contributed by atoms with Gasteiger partial charge in [-0.25, -0.2) is 9.66 Å². The number of carbonyl (C=O) groups excluding carboxylic acids is 1. The fourth-order valence-corrected chi connectivity index (χ4v) is 2.29. The summed E-state index contributed by atoms with van der Waals surface area (Å²) in [5.41, 5.74) is 3.63. The van der Waals surface area contributed by atoms with Crippen molar-refractivity contribution in [2.24, 2.45) is 0 Å². The van der Waals surface area contributed by atoms with E-state index in [0.717, 1.165) is 10.2 Å². The van der Waals surface area contributed by atoms with Gasteiger partial charge in [0.25, 0.3) is 5.56 Å². The van der Waals surface area contributed by atoms with Crippen LogP contribution in [0.15, 0.2) is 59.7 Å². The number of carbonyl (C=O) groups is 1. The second-order valence-corrected chi connectivity index (χ2v) is 5.00. The third-order valence-electron chi connectivity index (χ3n) is 3.41. The Morgan fingerprint density at radius 1 is 1.22 bits per heavy atom. The van der Waals surface area contributed by atoms with E-state index in [1.807, 2.05) is 12.1 Å². The fourth-order valence-electron chi connectivity index (χ4n) is 2.29. The summed E-state index contributed by atoms with van der Waals surface area (Å²) in [6, 6.07) is 14.2. The third-order valence-corrected chi connectivity index (χ3v) is 3.41. The third kappa shape index (κ3) is 3.21. The summed E-state index contributed by atoms with van der Waals surface area (Å²) >= 11 is 0. The van der Waals surface area contributed by atoms with Gasteiger partial charge in [-0.3, -0.25) is 15.0 Å². The van der Waals surface area contributed by atoms with E-state index >= 15 is 0 Å². The summed E-state index contributed by atoms with van der Waals surface area (Å²) in [7, 11) is 1.57. The van der Waals surface area contributed by atoms with Crippen LogP contribution in [0.3, 0.4) is 0 Å². The van der Waals surface area contributed by atoms with E-state index in [4.69, 9.17) is 4.74 Å². The van der Waals surface area contributed by atoms with Crippen molar-refractivity contribution >= 4 is 16.8 Å². The molecule has 23 heavy (non-hydrogen) atoms. The Balaban J connectivity index is 1.80. The number of hydrogen-bond acceptors (Lipinski definition) is 4. The molecule has 3 rings (SSSR count). The maximum atomic E-state index is 12.3. The van der Waals surface area contributed by atoms with Crippen LogP contribution in [0.4, 0.5) is 0 Å². The summed E-state index contributed by atoms with van der Waals surface area (Å²) in [5.74, 6) is 0.372. The molecule has 6 nitrogen and oxygen atoms in total. The molecule has 2 aromatic carbocycles. The molecule has 0 saturated heterocycles. The van der Waals surface area contributed by atoms with Gasteiger partial charge in [0, 0.05) is 0 Å². The summed E-state index contributed by atoms with van der Waals surface area (Å²) in [6.07, 6.45) is 1.45. The molecule has 0 atom stereocenters. The van der Waals surface area contributed by atoms with Gasteiger partial charge in [-0.15, -0.1) is 0 Å². The Bertz CT molecular complexity index is 918. The standard InChI is InChI=1S/C17H15N3O3/c1-23-13-6-4-5-12(9-13)10-16(21)19-20-11-18-15-8-3-2-7-14(15)17(20)22/h2-9,11H,10H2,1H3,(H,19,21). The molecule has 6 heteroatoms. The number of rotatable bonds is 4. The van der Waals surface area contributed by atoms with Crippen molar-refractivity contribution in [2.45, 2.75) is 6.42 Å². The monoisotopic (exact) mass is 309 g/mol. The van der Waals surface area contributed by atoms with Crippen LogP contribution in [0.2, 0.25) is 0 Å². The van der Waals surface area contributed by atoms with Crippen LogP contribution in [0, 0.1) is 0 Å². The first-order valence-corrected chi connectivity index (χ1v) is 7.06. The average molecular weight is 309 g/mol. The number of ether oxygens (including phenoxy) is 1. The maximum absolute atomic E-state index is 12.3. The lowest BCUT2D eigenvalue weighted by molar-refractivity contribution is -0.116.